The van der Waals surface area contributed by atoms with Crippen molar-refractivity contribution in [2.24, 2.45) is 10.8 Å². The number of ether oxygens (including phenoxy) is 1. The highest BCUT2D eigenvalue weighted by molar-refractivity contribution is 6.06. The second-order valence-electron chi connectivity index (χ2n) is 11.5. The first-order valence-electron chi connectivity index (χ1n) is 12.1. The van der Waals surface area contributed by atoms with E-state index in [0.29, 0.717) is 55.5 Å². The smallest absolute Gasteiger partial charge is 0.310 e. The lowest BCUT2D eigenvalue weighted by Crippen LogP contribution is -2.44. The van der Waals surface area contributed by atoms with Gasteiger partial charge >= 0.3 is 5.69 Å². The van der Waals surface area contributed by atoms with E-state index in [2.05, 4.69) is 32.6 Å². The molecule has 1 aromatic carbocycles. The van der Waals surface area contributed by atoms with Crippen LogP contribution in [-0.4, -0.2) is 46.8 Å². The summed E-state index contributed by atoms with van der Waals surface area (Å²) in [6.45, 7) is 9.47. The van der Waals surface area contributed by atoms with Crippen molar-refractivity contribution in [3.8, 4) is 5.75 Å². The van der Waals surface area contributed by atoms with Crippen LogP contribution in [-0.2, 0) is 14.3 Å². The molecule has 4 rings (SSSR count). The molecule has 0 aromatic heterocycles. The fourth-order valence-electron chi connectivity index (χ4n) is 5.88. The molecule has 1 heterocycles. The number of allylic oxidation sites excluding steroid dienone is 4. The number of ketones is 2. The lowest BCUT2D eigenvalue weighted by atomic mass is 9.63. The molecule has 8 heteroatoms. The van der Waals surface area contributed by atoms with Crippen LogP contribution in [0.3, 0.4) is 0 Å². The maximum atomic E-state index is 13.7. The minimum Gasteiger partial charge on any atom is -0.502 e. The second-order valence-corrected chi connectivity index (χ2v) is 11.5. The first kappa shape index (κ1) is 25.1. The number of phenolic OH excluding ortho intramolecular Hbond substituents is 1. The molecule has 1 aromatic rings. The van der Waals surface area contributed by atoms with Gasteiger partial charge in [0.05, 0.1) is 4.92 Å². The maximum absolute atomic E-state index is 13.7. The zero-order chi connectivity index (χ0) is 25.7. The molecule has 0 bridgehead atoms. The fourth-order valence-corrected chi connectivity index (χ4v) is 5.88. The van der Waals surface area contributed by atoms with E-state index < -0.39 is 22.3 Å². The monoisotopic (exact) mass is 482 g/mol. The summed E-state index contributed by atoms with van der Waals surface area (Å²) in [7, 11) is 1.65. The average Bonchev–Trinajstić information content (AvgIpc) is 2.72. The Labute approximate surface area is 205 Å². The lowest BCUT2D eigenvalue weighted by Gasteiger charge is -2.49. The molecule has 0 saturated carbocycles. The van der Waals surface area contributed by atoms with Gasteiger partial charge < -0.3 is 14.7 Å². The number of benzene rings is 1. The highest BCUT2D eigenvalue weighted by atomic mass is 16.6. The van der Waals surface area contributed by atoms with Gasteiger partial charge in [-0.1, -0.05) is 33.8 Å². The number of aromatic hydroxyl groups is 1. The fraction of sp³-hybridized carbons (Fsp3) is 0.556. The molecule has 0 spiro atoms. The molecule has 8 nitrogen and oxygen atoms in total. The highest BCUT2D eigenvalue weighted by Crippen LogP contribution is 2.54. The molecule has 0 radical (unpaired) electrons. The van der Waals surface area contributed by atoms with Gasteiger partial charge in [0.15, 0.2) is 17.3 Å². The number of phenols is 1. The largest absolute Gasteiger partial charge is 0.502 e. The first-order chi connectivity index (χ1) is 16.3. The van der Waals surface area contributed by atoms with Crippen molar-refractivity contribution in [2.45, 2.75) is 65.7 Å². The van der Waals surface area contributed by atoms with Crippen molar-refractivity contribution in [1.29, 1.82) is 0 Å². The third-order valence-electron chi connectivity index (χ3n) is 7.28. The Hall–Kier alpha value is -3.00. The molecule has 3 aliphatic rings. The van der Waals surface area contributed by atoms with Crippen molar-refractivity contribution in [3.05, 3.63) is 56.4 Å². The minimum atomic E-state index is -0.676. The minimum absolute atomic E-state index is 0.0297. The van der Waals surface area contributed by atoms with Gasteiger partial charge in [-0.2, -0.15) is 0 Å². The normalized spacial score (nSPS) is 21.8. The molecular formula is C27H34N2O6. The summed E-state index contributed by atoms with van der Waals surface area (Å²) in [5.41, 5.74) is 2.52. The number of hydrogen-bond acceptors (Lipinski definition) is 7. The van der Waals surface area contributed by atoms with Gasteiger partial charge in [0, 0.05) is 67.6 Å². The Morgan fingerprint density at radius 1 is 1.03 bits per heavy atom. The Balaban J connectivity index is 1.98. The molecule has 1 N–H and O–H groups in total. The van der Waals surface area contributed by atoms with Crippen LogP contribution in [0.15, 0.2) is 40.7 Å². The van der Waals surface area contributed by atoms with E-state index in [1.54, 1.807) is 13.2 Å². The Kier molecular flexibility index (Phi) is 6.38. The molecular weight excluding hydrogens is 448 g/mol. The maximum Gasteiger partial charge on any atom is 0.310 e. The molecule has 188 valence electrons. The van der Waals surface area contributed by atoms with E-state index >= 15 is 0 Å². The van der Waals surface area contributed by atoms with Crippen molar-refractivity contribution >= 4 is 17.3 Å². The average molecular weight is 483 g/mol. The van der Waals surface area contributed by atoms with Crippen LogP contribution in [0.1, 0.15) is 71.3 Å². The van der Waals surface area contributed by atoms with Gasteiger partial charge in [-0.15, -0.1) is 0 Å². The topological polar surface area (TPSA) is 110 Å². The van der Waals surface area contributed by atoms with E-state index in [4.69, 9.17) is 4.74 Å². The second kappa shape index (κ2) is 8.90. The standard InChI is InChI=1S/C27H34N2O6/c1-26(2)12-18-24(21(31)14-26)23(16-7-8-20(30)17(11-16)29(33)34)25-19(28(18)9-6-10-35-5)13-27(3,4)15-22(25)32/h7-8,11,23,30H,6,9-10,12-15H2,1-5H3. The molecule has 1 aliphatic heterocycles. The number of carbonyl (C=O) groups excluding carboxylic acids is 2. The summed E-state index contributed by atoms with van der Waals surface area (Å²) in [5, 5.41) is 21.6. The summed E-state index contributed by atoms with van der Waals surface area (Å²) >= 11 is 0. The van der Waals surface area contributed by atoms with Crippen LogP contribution in [0.25, 0.3) is 0 Å². The summed E-state index contributed by atoms with van der Waals surface area (Å²) in [6.07, 6.45) is 2.77. The summed E-state index contributed by atoms with van der Waals surface area (Å²) in [6, 6.07) is 4.20. The molecule has 0 amide bonds. The first-order valence-corrected chi connectivity index (χ1v) is 12.1. The molecule has 0 fully saturated rings. The molecule has 2 aliphatic carbocycles. The van der Waals surface area contributed by atoms with E-state index in [1.807, 2.05) is 0 Å². The Morgan fingerprint density at radius 3 is 2.06 bits per heavy atom. The van der Waals surface area contributed by atoms with Gasteiger partial charge in [-0.05, 0) is 41.7 Å². The Bertz CT molecular complexity index is 1110. The van der Waals surface area contributed by atoms with Crippen molar-refractivity contribution in [3.63, 3.8) is 0 Å². The highest BCUT2D eigenvalue weighted by Gasteiger charge is 2.49. The van der Waals surface area contributed by atoms with Crippen molar-refractivity contribution in [1.82, 2.24) is 4.90 Å². The van der Waals surface area contributed by atoms with E-state index in [-0.39, 0.29) is 22.4 Å². The van der Waals surface area contributed by atoms with Crippen LogP contribution in [0.5, 0.6) is 5.75 Å². The van der Waals surface area contributed by atoms with E-state index in [9.17, 15) is 24.8 Å². The Morgan fingerprint density at radius 2 is 1.57 bits per heavy atom. The van der Waals surface area contributed by atoms with Gasteiger partial charge in [0.2, 0.25) is 0 Å². The van der Waals surface area contributed by atoms with Gasteiger partial charge in [-0.3, -0.25) is 19.7 Å². The number of hydrogen-bond donors (Lipinski definition) is 1. The number of nitro groups is 1. The van der Waals surface area contributed by atoms with Gasteiger partial charge in [0.25, 0.3) is 0 Å². The van der Waals surface area contributed by atoms with Crippen LogP contribution in [0, 0.1) is 20.9 Å². The quantitative estimate of drug-likeness (QED) is 0.344. The van der Waals surface area contributed by atoms with Crippen LogP contribution < -0.4 is 0 Å². The molecule has 0 atom stereocenters. The van der Waals surface area contributed by atoms with Crippen LogP contribution >= 0.6 is 0 Å². The zero-order valence-electron chi connectivity index (χ0n) is 21.1. The van der Waals surface area contributed by atoms with Gasteiger partial charge in [0.1, 0.15) is 0 Å². The van der Waals surface area contributed by atoms with Crippen LogP contribution in [0.2, 0.25) is 0 Å². The summed E-state index contributed by atoms with van der Waals surface area (Å²) in [5.74, 6) is -1.17. The number of nitrogens with zero attached hydrogens (tertiary/aromatic N) is 2. The predicted octanol–water partition coefficient (Wildman–Crippen LogP) is 5.02. The summed E-state index contributed by atoms with van der Waals surface area (Å²) in [4.78, 5) is 40.5. The number of Topliss-reactive ketones (excluding diaryl/α,β-unsaturated/α-hetero) is 2. The lowest BCUT2D eigenvalue weighted by molar-refractivity contribution is -0.385. The van der Waals surface area contributed by atoms with Crippen molar-refractivity contribution < 1.29 is 24.4 Å². The molecule has 0 unspecified atom stereocenters. The third-order valence-corrected chi connectivity index (χ3v) is 7.28. The third kappa shape index (κ3) is 4.63. The predicted molar refractivity (Wildman–Crippen MR) is 131 cm³/mol. The number of carbonyl (C=O) groups is 2. The van der Waals surface area contributed by atoms with Crippen molar-refractivity contribution in [2.75, 3.05) is 20.3 Å². The van der Waals surface area contributed by atoms with E-state index in [1.165, 1.54) is 12.1 Å². The molecule has 0 saturated heterocycles. The zero-order valence-corrected chi connectivity index (χ0v) is 21.1. The summed E-state index contributed by atoms with van der Waals surface area (Å²) < 4.78 is 5.29. The SMILES string of the molecule is COCCCN1C2=C(C(=O)CC(C)(C)C2)C(c2ccc(O)c([N+](=O)[O-])c2)C2=C1CC(C)(C)CC2=O. The number of methoxy groups -OCH3 is 1. The van der Waals surface area contributed by atoms with Crippen LogP contribution in [0.4, 0.5) is 5.69 Å². The number of nitro benzene ring substituents is 1. The molecule has 35 heavy (non-hydrogen) atoms. The van der Waals surface area contributed by atoms with E-state index in [0.717, 1.165) is 17.8 Å². The number of rotatable bonds is 6. The van der Waals surface area contributed by atoms with Gasteiger partial charge in [-0.25, -0.2) is 0 Å².